The van der Waals surface area contributed by atoms with Gasteiger partial charge < -0.3 is 15.4 Å². The summed E-state index contributed by atoms with van der Waals surface area (Å²) in [7, 11) is 0. The van der Waals surface area contributed by atoms with Gasteiger partial charge in [-0.25, -0.2) is 9.97 Å². The summed E-state index contributed by atoms with van der Waals surface area (Å²) in [5.74, 6) is 0.494. The van der Waals surface area contributed by atoms with Crippen LogP contribution in [-0.4, -0.2) is 63.7 Å². The molecule has 3 heterocycles. The summed E-state index contributed by atoms with van der Waals surface area (Å²) in [6.07, 6.45) is 1.71. The smallest absolute Gasteiger partial charge is 0.247 e. The van der Waals surface area contributed by atoms with Crippen LogP contribution in [0.25, 0.3) is 22.4 Å². The van der Waals surface area contributed by atoms with Crippen molar-refractivity contribution in [3.05, 3.63) is 30.5 Å². The number of nitrogens with two attached hydrogens (primary N) is 1. The molecule has 29 heavy (non-hydrogen) atoms. The Morgan fingerprint density at radius 3 is 2.41 bits per heavy atom. The summed E-state index contributed by atoms with van der Waals surface area (Å²) < 4.78 is 5.57. The summed E-state index contributed by atoms with van der Waals surface area (Å²) >= 11 is 0. The molecule has 0 unspecified atom stereocenters. The van der Waals surface area contributed by atoms with E-state index >= 15 is 0 Å². The third-order valence-electron chi connectivity index (χ3n) is 5.25. The first-order valence-corrected chi connectivity index (χ1v) is 10.1. The molecule has 4 rings (SSSR count). The molecule has 1 aliphatic rings. The molecule has 0 aliphatic carbocycles. The van der Waals surface area contributed by atoms with Crippen LogP contribution in [0.3, 0.4) is 0 Å². The van der Waals surface area contributed by atoms with Gasteiger partial charge in [0.1, 0.15) is 0 Å². The van der Waals surface area contributed by atoms with Crippen LogP contribution in [0.4, 0.5) is 11.6 Å². The first-order valence-electron chi connectivity index (χ1n) is 10.1. The standard InChI is InChI=1S/C21H27N7O/c1-4-29-20-18-19(25-21(22)26-20)23-13-17(24-18)15-5-7-16(8-6-15)28-11-9-27(10-12-28)14(2)3/h5-8,13-14H,4,9-12H2,1-3H3,(H2,22,23,25,26). The highest BCUT2D eigenvalue weighted by atomic mass is 16.5. The van der Waals surface area contributed by atoms with Crippen molar-refractivity contribution in [1.29, 1.82) is 0 Å². The second kappa shape index (κ2) is 8.16. The first kappa shape index (κ1) is 19.3. The third-order valence-corrected chi connectivity index (χ3v) is 5.25. The Bertz CT molecular complexity index is 982. The van der Waals surface area contributed by atoms with E-state index in [1.807, 2.05) is 6.92 Å². The minimum Gasteiger partial charge on any atom is -0.476 e. The maximum atomic E-state index is 5.74. The van der Waals surface area contributed by atoms with E-state index < -0.39 is 0 Å². The van der Waals surface area contributed by atoms with Crippen LogP contribution in [0.2, 0.25) is 0 Å². The Kier molecular flexibility index (Phi) is 5.44. The monoisotopic (exact) mass is 393 g/mol. The average Bonchev–Trinajstić information content (AvgIpc) is 2.74. The van der Waals surface area contributed by atoms with Crippen molar-refractivity contribution in [2.24, 2.45) is 0 Å². The lowest BCUT2D eigenvalue weighted by Gasteiger charge is -2.38. The lowest BCUT2D eigenvalue weighted by Crippen LogP contribution is -2.48. The molecule has 8 heteroatoms. The fourth-order valence-electron chi connectivity index (χ4n) is 3.61. The Morgan fingerprint density at radius 2 is 1.76 bits per heavy atom. The van der Waals surface area contributed by atoms with E-state index in [-0.39, 0.29) is 5.95 Å². The zero-order valence-electron chi connectivity index (χ0n) is 17.2. The zero-order valence-corrected chi connectivity index (χ0v) is 17.2. The average molecular weight is 393 g/mol. The lowest BCUT2D eigenvalue weighted by molar-refractivity contribution is 0.209. The number of fused-ring (bicyclic) bond motifs is 1. The van der Waals surface area contributed by atoms with Crippen LogP contribution in [0, 0.1) is 0 Å². The number of hydrogen-bond donors (Lipinski definition) is 1. The van der Waals surface area contributed by atoms with Gasteiger partial charge in [0.2, 0.25) is 11.8 Å². The fraction of sp³-hybridized carbons (Fsp3) is 0.429. The van der Waals surface area contributed by atoms with Gasteiger partial charge in [0.15, 0.2) is 11.2 Å². The van der Waals surface area contributed by atoms with Crippen molar-refractivity contribution in [2.75, 3.05) is 43.4 Å². The molecule has 0 bridgehead atoms. The minimum absolute atomic E-state index is 0.130. The quantitative estimate of drug-likeness (QED) is 0.707. The van der Waals surface area contributed by atoms with Crippen molar-refractivity contribution in [3.8, 4) is 17.1 Å². The largest absolute Gasteiger partial charge is 0.476 e. The predicted octanol–water partition coefficient (Wildman–Crippen LogP) is 2.60. The molecule has 2 aromatic heterocycles. The molecule has 1 fully saturated rings. The molecule has 1 saturated heterocycles. The van der Waals surface area contributed by atoms with E-state index in [0.29, 0.717) is 29.7 Å². The normalized spacial score (nSPS) is 15.2. The molecule has 0 saturated carbocycles. The van der Waals surface area contributed by atoms with Gasteiger partial charge in [-0.2, -0.15) is 9.97 Å². The van der Waals surface area contributed by atoms with Crippen LogP contribution < -0.4 is 15.4 Å². The highest BCUT2D eigenvalue weighted by molar-refractivity contribution is 5.79. The Labute approximate surface area is 170 Å². The number of ether oxygens (including phenoxy) is 1. The van der Waals surface area contributed by atoms with Gasteiger partial charge in [-0.15, -0.1) is 0 Å². The van der Waals surface area contributed by atoms with Gasteiger partial charge in [-0.05, 0) is 32.9 Å². The minimum atomic E-state index is 0.130. The number of anilines is 2. The summed E-state index contributed by atoms with van der Waals surface area (Å²) in [4.78, 5) is 22.3. The summed E-state index contributed by atoms with van der Waals surface area (Å²) in [5, 5.41) is 0. The molecule has 1 aromatic carbocycles. The van der Waals surface area contributed by atoms with Gasteiger partial charge in [0.25, 0.3) is 0 Å². The van der Waals surface area contributed by atoms with E-state index in [2.05, 4.69) is 67.8 Å². The van der Waals surface area contributed by atoms with Crippen molar-refractivity contribution >= 4 is 22.8 Å². The predicted molar refractivity (Wildman–Crippen MR) is 115 cm³/mol. The van der Waals surface area contributed by atoms with Gasteiger partial charge in [0.05, 0.1) is 18.5 Å². The highest BCUT2D eigenvalue weighted by Gasteiger charge is 2.19. The number of rotatable bonds is 5. The molecule has 0 spiro atoms. The highest BCUT2D eigenvalue weighted by Crippen LogP contribution is 2.26. The molecule has 2 N–H and O–H groups in total. The molecule has 8 nitrogen and oxygen atoms in total. The van der Waals surface area contributed by atoms with Crippen molar-refractivity contribution < 1.29 is 4.74 Å². The second-order valence-corrected chi connectivity index (χ2v) is 7.41. The maximum Gasteiger partial charge on any atom is 0.247 e. The SMILES string of the molecule is CCOc1nc(N)nc2ncc(-c3ccc(N4CCN(C(C)C)CC4)cc3)nc12. The van der Waals surface area contributed by atoms with Gasteiger partial charge in [-0.1, -0.05) is 12.1 Å². The van der Waals surface area contributed by atoms with Crippen LogP contribution in [0.15, 0.2) is 30.5 Å². The summed E-state index contributed by atoms with van der Waals surface area (Å²) in [5.41, 5.74) is 9.67. The van der Waals surface area contributed by atoms with Crippen LogP contribution >= 0.6 is 0 Å². The van der Waals surface area contributed by atoms with Crippen LogP contribution in [-0.2, 0) is 0 Å². The molecule has 152 valence electrons. The molecule has 1 aliphatic heterocycles. The van der Waals surface area contributed by atoms with E-state index in [1.165, 1.54) is 5.69 Å². The van der Waals surface area contributed by atoms with Crippen LogP contribution in [0.1, 0.15) is 20.8 Å². The number of hydrogen-bond acceptors (Lipinski definition) is 8. The molecule has 0 amide bonds. The van der Waals surface area contributed by atoms with Gasteiger partial charge in [0, 0.05) is 43.5 Å². The number of benzene rings is 1. The molecule has 0 atom stereocenters. The molecule has 3 aromatic rings. The molecular weight excluding hydrogens is 366 g/mol. The van der Waals surface area contributed by atoms with Crippen LogP contribution in [0.5, 0.6) is 5.88 Å². The lowest BCUT2D eigenvalue weighted by atomic mass is 10.1. The van der Waals surface area contributed by atoms with Crippen molar-refractivity contribution in [1.82, 2.24) is 24.8 Å². The summed E-state index contributed by atoms with van der Waals surface area (Å²) in [6.45, 7) is 11.2. The summed E-state index contributed by atoms with van der Waals surface area (Å²) in [6, 6.07) is 9.06. The van der Waals surface area contributed by atoms with Crippen molar-refractivity contribution in [3.63, 3.8) is 0 Å². The maximum absolute atomic E-state index is 5.74. The van der Waals surface area contributed by atoms with Crippen molar-refractivity contribution in [2.45, 2.75) is 26.8 Å². The Hall–Kier alpha value is -3.00. The Morgan fingerprint density at radius 1 is 1.03 bits per heavy atom. The second-order valence-electron chi connectivity index (χ2n) is 7.41. The molecule has 0 radical (unpaired) electrons. The van der Waals surface area contributed by atoms with E-state index in [4.69, 9.17) is 10.5 Å². The molecular formula is C21H27N7O. The zero-order chi connectivity index (χ0) is 20.4. The number of nitrogens with zero attached hydrogens (tertiary/aromatic N) is 6. The topological polar surface area (TPSA) is 93.3 Å². The number of piperazine rings is 1. The first-order chi connectivity index (χ1) is 14.0. The Balaban J connectivity index is 1.57. The number of aromatic nitrogens is 4. The fourth-order valence-corrected chi connectivity index (χ4v) is 3.61. The van der Waals surface area contributed by atoms with E-state index in [0.717, 1.165) is 37.4 Å². The van der Waals surface area contributed by atoms with Gasteiger partial charge >= 0.3 is 0 Å². The van der Waals surface area contributed by atoms with Gasteiger partial charge in [-0.3, -0.25) is 4.90 Å². The number of nitrogen functional groups attached to an aromatic ring is 1. The third kappa shape index (κ3) is 4.07. The van der Waals surface area contributed by atoms with E-state index in [9.17, 15) is 0 Å². The van der Waals surface area contributed by atoms with E-state index in [1.54, 1.807) is 6.20 Å².